The van der Waals surface area contributed by atoms with E-state index in [1.165, 1.54) is 25.3 Å². The fourth-order valence-corrected chi connectivity index (χ4v) is 2.07. The van der Waals surface area contributed by atoms with Crippen molar-refractivity contribution in [1.82, 2.24) is 4.98 Å². The summed E-state index contributed by atoms with van der Waals surface area (Å²) in [5, 5.41) is 0.453. The first-order valence-electron chi connectivity index (χ1n) is 6.09. The van der Waals surface area contributed by atoms with E-state index < -0.39 is 12.1 Å². The highest BCUT2D eigenvalue weighted by molar-refractivity contribution is 9.10. The standard InChI is InChI=1S/C15H11BrClNO3/c1-9(14(19)10-3-2-4-12(17)7-10)21-15(20)13-6-5-11(16)8-18-13/h2-9H,1H3. The normalized spacial score (nSPS) is 11.8. The zero-order valence-corrected chi connectivity index (χ0v) is 13.4. The molecule has 108 valence electrons. The van der Waals surface area contributed by atoms with Crippen molar-refractivity contribution in [1.29, 1.82) is 0 Å². The molecule has 2 aromatic rings. The molecular weight excluding hydrogens is 358 g/mol. The molecule has 1 atom stereocenters. The molecule has 0 radical (unpaired) electrons. The molecule has 0 aliphatic heterocycles. The van der Waals surface area contributed by atoms with Crippen LogP contribution in [0.1, 0.15) is 27.8 Å². The summed E-state index contributed by atoms with van der Waals surface area (Å²) >= 11 is 9.06. The maximum atomic E-state index is 12.2. The Morgan fingerprint density at radius 3 is 2.67 bits per heavy atom. The minimum Gasteiger partial charge on any atom is -0.450 e. The number of ketones is 1. The number of aromatic nitrogens is 1. The van der Waals surface area contributed by atoms with Crippen LogP contribution in [0, 0.1) is 0 Å². The Kier molecular flexibility index (Phi) is 5.09. The molecule has 1 unspecified atom stereocenters. The number of carbonyl (C=O) groups is 2. The number of Topliss-reactive ketones (excluding diaryl/α,β-unsaturated/α-hetero) is 1. The van der Waals surface area contributed by atoms with Crippen molar-refractivity contribution in [3.8, 4) is 0 Å². The van der Waals surface area contributed by atoms with Crippen molar-refractivity contribution in [2.24, 2.45) is 0 Å². The van der Waals surface area contributed by atoms with Crippen LogP contribution in [0.15, 0.2) is 47.1 Å². The first-order valence-corrected chi connectivity index (χ1v) is 7.27. The average Bonchev–Trinajstić information content (AvgIpc) is 2.47. The van der Waals surface area contributed by atoms with Crippen LogP contribution in [0.4, 0.5) is 0 Å². The first kappa shape index (κ1) is 15.7. The lowest BCUT2D eigenvalue weighted by Gasteiger charge is -2.12. The van der Waals surface area contributed by atoms with Crippen LogP contribution >= 0.6 is 27.5 Å². The highest BCUT2D eigenvalue weighted by Crippen LogP contribution is 2.14. The van der Waals surface area contributed by atoms with E-state index in [4.69, 9.17) is 16.3 Å². The van der Waals surface area contributed by atoms with E-state index >= 15 is 0 Å². The second kappa shape index (κ2) is 6.83. The molecule has 4 nitrogen and oxygen atoms in total. The van der Waals surface area contributed by atoms with Crippen molar-refractivity contribution in [2.45, 2.75) is 13.0 Å². The predicted molar refractivity (Wildman–Crippen MR) is 82.6 cm³/mol. The highest BCUT2D eigenvalue weighted by atomic mass is 79.9. The Hall–Kier alpha value is -1.72. The van der Waals surface area contributed by atoms with Gasteiger partial charge in [-0.1, -0.05) is 23.7 Å². The van der Waals surface area contributed by atoms with E-state index in [1.54, 1.807) is 24.3 Å². The van der Waals surface area contributed by atoms with Gasteiger partial charge in [-0.25, -0.2) is 9.78 Å². The Bertz CT molecular complexity index is 673. The second-order valence-electron chi connectivity index (χ2n) is 4.28. The molecule has 1 heterocycles. The Balaban J connectivity index is 2.07. The molecule has 1 aromatic carbocycles. The molecule has 0 N–H and O–H groups in total. The Morgan fingerprint density at radius 2 is 2.05 bits per heavy atom. The van der Waals surface area contributed by atoms with Crippen LogP contribution < -0.4 is 0 Å². The summed E-state index contributed by atoms with van der Waals surface area (Å²) in [7, 11) is 0. The van der Waals surface area contributed by atoms with Gasteiger partial charge in [-0.05, 0) is 47.1 Å². The molecule has 0 fully saturated rings. The summed E-state index contributed by atoms with van der Waals surface area (Å²) < 4.78 is 5.87. The fourth-order valence-electron chi connectivity index (χ4n) is 1.65. The lowest BCUT2D eigenvalue weighted by atomic mass is 10.1. The summed E-state index contributed by atoms with van der Waals surface area (Å²) in [5.41, 5.74) is 0.538. The van der Waals surface area contributed by atoms with E-state index in [1.807, 2.05) is 0 Å². The summed E-state index contributed by atoms with van der Waals surface area (Å²) in [6, 6.07) is 9.68. The molecule has 0 amide bonds. The third-order valence-corrected chi connectivity index (χ3v) is 3.40. The van der Waals surface area contributed by atoms with Crippen molar-refractivity contribution >= 4 is 39.3 Å². The highest BCUT2D eigenvalue weighted by Gasteiger charge is 2.21. The SMILES string of the molecule is CC(OC(=O)c1ccc(Br)cn1)C(=O)c1cccc(Cl)c1. The number of nitrogens with zero attached hydrogens (tertiary/aromatic N) is 1. The molecule has 21 heavy (non-hydrogen) atoms. The minimum atomic E-state index is -0.915. The minimum absolute atomic E-state index is 0.143. The van der Waals surface area contributed by atoms with Gasteiger partial charge in [0, 0.05) is 21.3 Å². The van der Waals surface area contributed by atoms with Gasteiger partial charge in [-0.3, -0.25) is 4.79 Å². The van der Waals surface area contributed by atoms with Gasteiger partial charge >= 0.3 is 5.97 Å². The lowest BCUT2D eigenvalue weighted by molar-refractivity contribution is 0.0313. The largest absolute Gasteiger partial charge is 0.450 e. The molecule has 1 aromatic heterocycles. The van der Waals surface area contributed by atoms with Crippen LogP contribution in [0.5, 0.6) is 0 Å². The van der Waals surface area contributed by atoms with Gasteiger partial charge in [-0.15, -0.1) is 0 Å². The Morgan fingerprint density at radius 1 is 1.29 bits per heavy atom. The van der Waals surface area contributed by atoms with Gasteiger partial charge < -0.3 is 4.74 Å². The number of ether oxygens (including phenoxy) is 1. The topological polar surface area (TPSA) is 56.3 Å². The third-order valence-electron chi connectivity index (χ3n) is 2.70. The van der Waals surface area contributed by atoms with E-state index in [-0.39, 0.29) is 11.5 Å². The Labute approximate surface area is 135 Å². The zero-order valence-electron chi connectivity index (χ0n) is 11.0. The van der Waals surface area contributed by atoms with E-state index in [2.05, 4.69) is 20.9 Å². The lowest BCUT2D eigenvalue weighted by Crippen LogP contribution is -2.24. The summed E-state index contributed by atoms with van der Waals surface area (Å²) in [5.74, 6) is -0.965. The van der Waals surface area contributed by atoms with Crippen LogP contribution in [-0.2, 0) is 4.74 Å². The molecule has 0 aliphatic rings. The summed E-state index contributed by atoms with van der Waals surface area (Å²) in [6.45, 7) is 1.51. The summed E-state index contributed by atoms with van der Waals surface area (Å²) in [4.78, 5) is 28.0. The first-order chi connectivity index (χ1) is 9.97. The quantitative estimate of drug-likeness (QED) is 0.606. The monoisotopic (exact) mass is 367 g/mol. The third kappa shape index (κ3) is 4.12. The number of halogens is 2. The molecule has 6 heteroatoms. The number of rotatable bonds is 4. The van der Waals surface area contributed by atoms with Crippen molar-refractivity contribution in [3.05, 3.63) is 63.3 Å². The fraction of sp³-hybridized carbons (Fsp3) is 0.133. The van der Waals surface area contributed by atoms with Gasteiger partial charge in [0.15, 0.2) is 6.10 Å². The van der Waals surface area contributed by atoms with Gasteiger partial charge in [0.1, 0.15) is 5.69 Å². The molecular formula is C15H11BrClNO3. The maximum absolute atomic E-state index is 12.2. The van der Waals surface area contributed by atoms with Gasteiger partial charge in [0.2, 0.25) is 5.78 Å². The van der Waals surface area contributed by atoms with Crippen LogP contribution in [0.3, 0.4) is 0 Å². The number of pyridine rings is 1. The molecule has 0 spiro atoms. The van der Waals surface area contributed by atoms with Crippen LogP contribution in [0.2, 0.25) is 5.02 Å². The van der Waals surface area contributed by atoms with Gasteiger partial charge in [0.05, 0.1) is 0 Å². The van der Waals surface area contributed by atoms with Crippen molar-refractivity contribution in [2.75, 3.05) is 0 Å². The predicted octanol–water partition coefficient (Wildman–Crippen LogP) is 3.93. The number of carbonyl (C=O) groups excluding carboxylic acids is 2. The average molecular weight is 369 g/mol. The van der Waals surface area contributed by atoms with E-state index in [9.17, 15) is 9.59 Å². The number of hydrogen-bond donors (Lipinski definition) is 0. The number of hydrogen-bond acceptors (Lipinski definition) is 4. The van der Waals surface area contributed by atoms with Gasteiger partial charge in [-0.2, -0.15) is 0 Å². The van der Waals surface area contributed by atoms with Crippen molar-refractivity contribution in [3.63, 3.8) is 0 Å². The molecule has 0 saturated heterocycles. The van der Waals surface area contributed by atoms with E-state index in [0.29, 0.717) is 10.6 Å². The zero-order chi connectivity index (χ0) is 15.4. The smallest absolute Gasteiger partial charge is 0.357 e. The summed E-state index contributed by atoms with van der Waals surface area (Å²) in [6.07, 6.45) is 0.571. The maximum Gasteiger partial charge on any atom is 0.357 e. The molecule has 2 rings (SSSR count). The number of esters is 1. The molecule has 0 aliphatic carbocycles. The molecule has 0 bridgehead atoms. The van der Waals surface area contributed by atoms with E-state index in [0.717, 1.165) is 4.47 Å². The number of benzene rings is 1. The van der Waals surface area contributed by atoms with Crippen molar-refractivity contribution < 1.29 is 14.3 Å². The van der Waals surface area contributed by atoms with Crippen LogP contribution in [-0.4, -0.2) is 22.8 Å². The molecule has 0 saturated carbocycles. The van der Waals surface area contributed by atoms with Crippen LogP contribution in [0.25, 0.3) is 0 Å². The van der Waals surface area contributed by atoms with Gasteiger partial charge in [0.25, 0.3) is 0 Å². The second-order valence-corrected chi connectivity index (χ2v) is 5.64.